The van der Waals surface area contributed by atoms with E-state index >= 15 is 0 Å². The van der Waals surface area contributed by atoms with Crippen LogP contribution in [0.25, 0.3) is 17.2 Å². The maximum atomic E-state index is 13.0. The van der Waals surface area contributed by atoms with Crippen LogP contribution < -0.4 is 4.90 Å². The van der Waals surface area contributed by atoms with Crippen molar-refractivity contribution in [1.29, 1.82) is 0 Å². The molecule has 0 radical (unpaired) electrons. The molecule has 0 N–H and O–H groups in total. The highest BCUT2D eigenvalue weighted by molar-refractivity contribution is 5.58. The molecule has 3 aromatic heterocycles. The molecule has 2 saturated heterocycles. The predicted molar refractivity (Wildman–Crippen MR) is 100 cm³/mol. The molecular weight excluding hydrogens is 383 g/mol. The van der Waals surface area contributed by atoms with E-state index in [4.69, 9.17) is 0 Å². The molecule has 29 heavy (non-hydrogen) atoms. The lowest BCUT2D eigenvalue weighted by atomic mass is 9.72. The van der Waals surface area contributed by atoms with Gasteiger partial charge < -0.3 is 9.80 Å². The van der Waals surface area contributed by atoms with Gasteiger partial charge >= 0.3 is 6.18 Å². The van der Waals surface area contributed by atoms with E-state index < -0.39 is 11.9 Å². The van der Waals surface area contributed by atoms with Crippen molar-refractivity contribution in [2.45, 2.75) is 19.0 Å². The second-order valence-corrected chi connectivity index (χ2v) is 8.04. The van der Waals surface area contributed by atoms with Crippen LogP contribution in [0.5, 0.6) is 0 Å². The summed E-state index contributed by atoms with van der Waals surface area (Å²) in [6.45, 7) is 4.12. The molecule has 3 aromatic rings. The molecule has 0 amide bonds. The first-order valence-electron chi connectivity index (χ1n) is 9.50. The quantitative estimate of drug-likeness (QED) is 0.656. The van der Waals surface area contributed by atoms with Crippen molar-refractivity contribution < 1.29 is 13.2 Å². The molecule has 2 aliphatic heterocycles. The van der Waals surface area contributed by atoms with Crippen LogP contribution in [0.3, 0.4) is 0 Å². The molecule has 2 aliphatic rings. The molecule has 0 unspecified atom stereocenters. The molecule has 1 spiro atoms. The summed E-state index contributed by atoms with van der Waals surface area (Å²) < 4.78 is 40.5. The van der Waals surface area contributed by atoms with Gasteiger partial charge in [0, 0.05) is 38.6 Å². The highest BCUT2D eigenvalue weighted by atomic mass is 19.4. The van der Waals surface area contributed by atoms with Crippen molar-refractivity contribution in [3.8, 4) is 11.5 Å². The van der Waals surface area contributed by atoms with Crippen molar-refractivity contribution >= 4 is 11.5 Å². The highest BCUT2D eigenvalue weighted by Crippen LogP contribution is 2.40. The second-order valence-electron chi connectivity index (χ2n) is 8.04. The summed E-state index contributed by atoms with van der Waals surface area (Å²) >= 11 is 0. The lowest BCUT2D eigenvalue weighted by Crippen LogP contribution is -2.58. The minimum absolute atomic E-state index is 0.316. The average molecular weight is 403 g/mol. The number of imidazole rings is 1. The molecule has 7 nitrogen and oxygen atoms in total. The summed E-state index contributed by atoms with van der Waals surface area (Å²) in [5.41, 5.74) is 0.177. The van der Waals surface area contributed by atoms with Crippen molar-refractivity contribution in [3.05, 3.63) is 36.5 Å². The maximum absolute atomic E-state index is 13.0. The zero-order valence-corrected chi connectivity index (χ0v) is 15.9. The number of likely N-dealkylation sites (tertiary alicyclic amines) is 1. The number of hydrogen-bond donors (Lipinski definition) is 0. The van der Waals surface area contributed by atoms with Gasteiger partial charge in [0.2, 0.25) is 0 Å². The summed E-state index contributed by atoms with van der Waals surface area (Å²) in [6.07, 6.45) is 2.87. The molecule has 0 aliphatic carbocycles. The zero-order chi connectivity index (χ0) is 20.2. The first-order valence-corrected chi connectivity index (χ1v) is 9.50. The van der Waals surface area contributed by atoms with Gasteiger partial charge in [0.1, 0.15) is 11.5 Å². The Kier molecular flexibility index (Phi) is 4.02. The van der Waals surface area contributed by atoms with E-state index in [2.05, 4.69) is 36.8 Å². The van der Waals surface area contributed by atoms with E-state index in [1.165, 1.54) is 10.6 Å². The maximum Gasteiger partial charge on any atom is 0.434 e. The first kappa shape index (κ1) is 18.3. The van der Waals surface area contributed by atoms with Crippen LogP contribution in [-0.4, -0.2) is 62.5 Å². The topological polar surface area (TPSA) is 62.5 Å². The SMILES string of the molecule is CN1CC2(CCN(c3ccnc(-c4cnc5cnc(C(F)(F)F)cn45)n3)CC2)C1. The van der Waals surface area contributed by atoms with Crippen molar-refractivity contribution in [3.63, 3.8) is 0 Å². The number of anilines is 1. The van der Waals surface area contributed by atoms with Crippen molar-refractivity contribution in [2.75, 3.05) is 38.1 Å². The number of piperidine rings is 1. The summed E-state index contributed by atoms with van der Waals surface area (Å²) in [5.74, 6) is 1.13. The number of fused-ring (bicyclic) bond motifs is 1. The number of nitrogens with zero attached hydrogens (tertiary/aromatic N) is 7. The lowest BCUT2D eigenvalue weighted by Gasteiger charge is -2.53. The van der Waals surface area contributed by atoms with Crippen LogP contribution in [0, 0.1) is 5.41 Å². The van der Waals surface area contributed by atoms with Gasteiger partial charge in [-0.1, -0.05) is 0 Å². The molecular formula is C19H20F3N7. The molecule has 10 heteroatoms. The highest BCUT2D eigenvalue weighted by Gasteiger charge is 2.43. The Morgan fingerprint density at radius 1 is 1.03 bits per heavy atom. The van der Waals surface area contributed by atoms with Gasteiger partial charge in [0.05, 0.1) is 12.4 Å². The lowest BCUT2D eigenvalue weighted by molar-refractivity contribution is -0.141. The summed E-state index contributed by atoms with van der Waals surface area (Å²) in [7, 11) is 2.14. The van der Waals surface area contributed by atoms with Gasteiger partial charge in [-0.3, -0.25) is 4.40 Å². The number of aromatic nitrogens is 5. The molecule has 0 bridgehead atoms. The third-order valence-corrected chi connectivity index (χ3v) is 5.92. The van der Waals surface area contributed by atoms with Crippen LogP contribution in [-0.2, 0) is 6.18 Å². The number of halogens is 3. The summed E-state index contributed by atoms with van der Waals surface area (Å²) in [4.78, 5) is 21.1. The van der Waals surface area contributed by atoms with Gasteiger partial charge in [-0.15, -0.1) is 0 Å². The van der Waals surface area contributed by atoms with Gasteiger partial charge in [-0.2, -0.15) is 13.2 Å². The van der Waals surface area contributed by atoms with E-state index in [1.807, 2.05) is 6.07 Å². The number of alkyl halides is 3. The summed E-state index contributed by atoms with van der Waals surface area (Å²) in [6, 6.07) is 1.85. The molecule has 0 aromatic carbocycles. The normalized spacial score (nSPS) is 19.7. The smallest absolute Gasteiger partial charge is 0.356 e. The van der Waals surface area contributed by atoms with Gasteiger partial charge in [-0.05, 0) is 31.4 Å². The fourth-order valence-corrected chi connectivity index (χ4v) is 4.47. The van der Waals surface area contributed by atoms with E-state index in [0.717, 1.165) is 57.2 Å². The molecule has 5 heterocycles. The van der Waals surface area contributed by atoms with Gasteiger partial charge in [-0.25, -0.2) is 19.9 Å². The predicted octanol–water partition coefficient (Wildman–Crippen LogP) is 2.74. The standard InChI is InChI=1S/C19H20F3N7/c1-27-11-18(12-27)3-6-28(7-4-18)15-2-5-23-17(26-15)13-8-25-16-9-24-14(10-29(13)16)19(20,21)22/h2,5,8-10H,3-4,6-7,11-12H2,1H3. The Morgan fingerprint density at radius 2 is 1.79 bits per heavy atom. The number of hydrogen-bond acceptors (Lipinski definition) is 6. The molecule has 5 rings (SSSR count). The minimum atomic E-state index is -4.53. The van der Waals surface area contributed by atoms with E-state index in [9.17, 15) is 13.2 Å². The van der Waals surface area contributed by atoms with Crippen LogP contribution in [0.1, 0.15) is 18.5 Å². The van der Waals surface area contributed by atoms with E-state index in [-0.39, 0.29) is 0 Å². The third kappa shape index (κ3) is 3.21. The molecule has 152 valence electrons. The van der Waals surface area contributed by atoms with E-state index in [1.54, 1.807) is 6.20 Å². The fraction of sp³-hybridized carbons (Fsp3) is 0.474. The molecule has 2 fully saturated rings. The Balaban J connectivity index is 1.43. The molecule has 0 atom stereocenters. The Morgan fingerprint density at radius 3 is 2.48 bits per heavy atom. The van der Waals surface area contributed by atoms with Crippen LogP contribution in [0.15, 0.2) is 30.9 Å². The van der Waals surface area contributed by atoms with E-state index in [0.29, 0.717) is 22.6 Å². The van der Waals surface area contributed by atoms with Crippen LogP contribution in [0.4, 0.5) is 19.0 Å². The van der Waals surface area contributed by atoms with Gasteiger partial charge in [0.15, 0.2) is 17.2 Å². The Hall–Kier alpha value is -2.75. The zero-order valence-electron chi connectivity index (χ0n) is 15.9. The minimum Gasteiger partial charge on any atom is -0.356 e. The second kappa shape index (κ2) is 6.38. The van der Waals surface area contributed by atoms with Crippen LogP contribution >= 0.6 is 0 Å². The summed E-state index contributed by atoms with van der Waals surface area (Å²) in [5, 5.41) is 0. The Bertz CT molecular complexity index is 1050. The van der Waals surface area contributed by atoms with Crippen molar-refractivity contribution in [2.24, 2.45) is 5.41 Å². The van der Waals surface area contributed by atoms with Crippen LogP contribution in [0.2, 0.25) is 0 Å². The average Bonchev–Trinajstić information content (AvgIpc) is 3.10. The largest absolute Gasteiger partial charge is 0.434 e. The fourth-order valence-electron chi connectivity index (χ4n) is 4.47. The van der Waals surface area contributed by atoms with Gasteiger partial charge in [0.25, 0.3) is 0 Å². The Labute approximate surface area is 165 Å². The third-order valence-electron chi connectivity index (χ3n) is 5.92. The van der Waals surface area contributed by atoms with Crippen molar-refractivity contribution in [1.82, 2.24) is 29.2 Å². The first-order chi connectivity index (χ1) is 13.8. The monoisotopic (exact) mass is 403 g/mol. The number of rotatable bonds is 2. The molecule has 0 saturated carbocycles.